The van der Waals surface area contributed by atoms with Crippen LogP contribution in [0.15, 0.2) is 51.9 Å². The Morgan fingerprint density at radius 1 is 1.24 bits per heavy atom. The van der Waals surface area contributed by atoms with Crippen molar-refractivity contribution in [2.75, 3.05) is 12.4 Å². The van der Waals surface area contributed by atoms with Crippen molar-refractivity contribution < 1.29 is 24.0 Å². The average molecular weight is 502 g/mol. The quantitative estimate of drug-likeness (QED) is 0.110. The monoisotopic (exact) mass is 501 g/mol. The van der Waals surface area contributed by atoms with E-state index >= 15 is 0 Å². The van der Waals surface area contributed by atoms with E-state index < -0.39 is 10.9 Å². The molecule has 3 aromatic rings. The van der Waals surface area contributed by atoms with Crippen molar-refractivity contribution in [3.8, 4) is 11.5 Å². The van der Waals surface area contributed by atoms with E-state index in [1.165, 1.54) is 53.6 Å². The van der Waals surface area contributed by atoms with Gasteiger partial charge in [-0.15, -0.1) is 10.2 Å². The Labute approximate surface area is 202 Å². The summed E-state index contributed by atoms with van der Waals surface area (Å²) in [6.07, 6.45) is 1.42. The van der Waals surface area contributed by atoms with Crippen LogP contribution in [0, 0.1) is 17.0 Å². The van der Waals surface area contributed by atoms with E-state index in [0.717, 1.165) is 11.1 Å². The first-order valence-electron chi connectivity index (χ1n) is 9.84. The highest BCUT2D eigenvalue weighted by atomic mass is 32.2. The number of ether oxygens (including phenoxy) is 2. The van der Waals surface area contributed by atoms with Gasteiger partial charge in [-0.1, -0.05) is 29.2 Å². The van der Waals surface area contributed by atoms with Crippen molar-refractivity contribution in [3.05, 3.63) is 68.7 Å². The minimum atomic E-state index is -0.763. The molecule has 0 bridgehead atoms. The maximum Gasteiger partial charge on any atom is 0.343 e. The molecule has 176 valence electrons. The first kappa shape index (κ1) is 24.8. The van der Waals surface area contributed by atoms with Crippen LogP contribution < -0.4 is 14.9 Å². The molecule has 0 saturated heterocycles. The Hall–Kier alpha value is -3.84. The van der Waals surface area contributed by atoms with Gasteiger partial charge >= 0.3 is 5.97 Å². The van der Waals surface area contributed by atoms with Gasteiger partial charge in [0.2, 0.25) is 0 Å². The summed E-state index contributed by atoms with van der Waals surface area (Å²) in [6.45, 7) is 3.91. The third kappa shape index (κ3) is 7.08. The summed E-state index contributed by atoms with van der Waals surface area (Å²) in [7, 11) is 0. The van der Waals surface area contributed by atoms with Crippen molar-refractivity contribution in [1.29, 1.82) is 0 Å². The number of hydrogen-bond acceptors (Lipinski definition) is 11. The van der Waals surface area contributed by atoms with E-state index in [1.807, 2.05) is 6.92 Å². The molecule has 1 amide bonds. The summed E-state index contributed by atoms with van der Waals surface area (Å²) in [5, 5.41) is 23.5. The number of rotatable bonds is 10. The third-order valence-corrected chi connectivity index (χ3v) is 5.97. The number of hydrogen-bond donors (Lipinski definition) is 1. The number of benzene rings is 2. The van der Waals surface area contributed by atoms with E-state index in [-0.39, 0.29) is 34.4 Å². The molecule has 0 atom stereocenters. The number of non-ortho nitro benzene ring substituents is 1. The van der Waals surface area contributed by atoms with Gasteiger partial charge in [0.1, 0.15) is 5.01 Å². The summed E-state index contributed by atoms with van der Waals surface area (Å²) >= 11 is 2.67. The first-order chi connectivity index (χ1) is 16.4. The van der Waals surface area contributed by atoms with Crippen LogP contribution >= 0.6 is 23.1 Å². The second kappa shape index (κ2) is 11.9. The van der Waals surface area contributed by atoms with Gasteiger partial charge in [-0.3, -0.25) is 14.9 Å². The van der Waals surface area contributed by atoms with Crippen LogP contribution in [-0.4, -0.2) is 45.6 Å². The standard InChI is InChI=1S/C21H19N5O6S2/c1-3-31-18-9-14(11-22-24-19(27)12-33-21-25-23-13(2)34-21)7-8-17(18)32-20(28)15-5-4-6-16(10-15)26(29)30/h4-11H,3,12H2,1-2H3,(H,24,27)/b22-11-. The fraction of sp³-hybridized carbons (Fsp3) is 0.190. The lowest BCUT2D eigenvalue weighted by Crippen LogP contribution is -2.19. The normalized spacial score (nSPS) is 10.8. The molecule has 0 fully saturated rings. The molecule has 1 heterocycles. The summed E-state index contributed by atoms with van der Waals surface area (Å²) in [4.78, 5) is 34.7. The fourth-order valence-corrected chi connectivity index (χ4v) is 4.15. The van der Waals surface area contributed by atoms with E-state index in [1.54, 1.807) is 19.1 Å². The van der Waals surface area contributed by atoms with Gasteiger partial charge in [0.05, 0.1) is 29.1 Å². The molecule has 34 heavy (non-hydrogen) atoms. The van der Waals surface area contributed by atoms with Crippen molar-refractivity contribution in [2.45, 2.75) is 18.2 Å². The van der Waals surface area contributed by atoms with Crippen LogP contribution in [0.3, 0.4) is 0 Å². The molecule has 0 aliphatic rings. The zero-order chi connectivity index (χ0) is 24.5. The summed E-state index contributed by atoms with van der Waals surface area (Å²) in [5.74, 6) is -0.506. The van der Waals surface area contributed by atoms with Crippen LogP contribution in [0.4, 0.5) is 5.69 Å². The molecule has 0 saturated carbocycles. The minimum absolute atomic E-state index is 0.0339. The molecule has 13 heteroatoms. The highest BCUT2D eigenvalue weighted by Gasteiger charge is 2.16. The lowest BCUT2D eigenvalue weighted by atomic mass is 10.2. The molecule has 3 rings (SSSR count). The zero-order valence-electron chi connectivity index (χ0n) is 18.1. The van der Waals surface area contributed by atoms with E-state index in [4.69, 9.17) is 9.47 Å². The number of nitro benzene ring substituents is 1. The summed E-state index contributed by atoms with van der Waals surface area (Å²) in [5.41, 5.74) is 2.83. The van der Waals surface area contributed by atoms with Gasteiger partial charge < -0.3 is 9.47 Å². The van der Waals surface area contributed by atoms with Crippen LogP contribution in [0.5, 0.6) is 11.5 Å². The average Bonchev–Trinajstić information content (AvgIpc) is 3.24. The molecule has 0 spiro atoms. The maximum absolute atomic E-state index is 12.5. The molecule has 0 aliphatic carbocycles. The molecule has 0 unspecified atom stereocenters. The number of aryl methyl sites for hydroxylation is 1. The molecule has 1 aromatic heterocycles. The van der Waals surface area contributed by atoms with Gasteiger partial charge in [0, 0.05) is 12.1 Å². The zero-order valence-corrected chi connectivity index (χ0v) is 19.7. The van der Waals surface area contributed by atoms with Crippen molar-refractivity contribution in [3.63, 3.8) is 0 Å². The number of aromatic nitrogens is 2. The number of esters is 1. The number of carbonyl (C=O) groups is 2. The number of nitrogens with zero attached hydrogens (tertiary/aromatic N) is 4. The molecular weight excluding hydrogens is 482 g/mol. The Morgan fingerprint density at radius 2 is 2.06 bits per heavy atom. The second-order valence-electron chi connectivity index (χ2n) is 6.50. The van der Waals surface area contributed by atoms with Crippen molar-refractivity contribution >= 4 is 46.9 Å². The number of hydrazone groups is 1. The molecule has 2 aromatic carbocycles. The molecular formula is C21H19N5O6S2. The van der Waals surface area contributed by atoms with Crippen LogP contribution in [-0.2, 0) is 4.79 Å². The molecule has 0 radical (unpaired) electrons. The van der Waals surface area contributed by atoms with Gasteiger partial charge in [0.25, 0.3) is 11.6 Å². The fourth-order valence-electron chi connectivity index (χ4n) is 2.54. The van der Waals surface area contributed by atoms with Crippen LogP contribution in [0.1, 0.15) is 27.9 Å². The van der Waals surface area contributed by atoms with Crippen LogP contribution in [0.2, 0.25) is 0 Å². The SMILES string of the molecule is CCOc1cc(/C=N\NC(=O)CSc2nnc(C)s2)ccc1OC(=O)c1cccc([N+](=O)[O-])c1. The van der Waals surface area contributed by atoms with Gasteiger partial charge in [0.15, 0.2) is 15.8 Å². The highest BCUT2D eigenvalue weighted by Crippen LogP contribution is 2.29. The lowest BCUT2D eigenvalue weighted by molar-refractivity contribution is -0.384. The molecule has 0 aliphatic heterocycles. The third-order valence-electron chi connectivity index (χ3n) is 4.00. The predicted octanol–water partition coefficient (Wildman–Crippen LogP) is 3.62. The Bertz CT molecular complexity index is 1230. The summed E-state index contributed by atoms with van der Waals surface area (Å²) in [6, 6.07) is 9.96. The molecule has 11 nitrogen and oxygen atoms in total. The smallest absolute Gasteiger partial charge is 0.343 e. The molecule has 1 N–H and O–H groups in total. The Kier molecular flexibility index (Phi) is 8.65. The number of carbonyl (C=O) groups excluding carboxylic acids is 2. The first-order valence-corrected chi connectivity index (χ1v) is 11.6. The minimum Gasteiger partial charge on any atom is -0.490 e. The summed E-state index contributed by atoms with van der Waals surface area (Å²) < 4.78 is 11.6. The lowest BCUT2D eigenvalue weighted by Gasteiger charge is -2.11. The number of nitro groups is 1. The largest absolute Gasteiger partial charge is 0.490 e. The van der Waals surface area contributed by atoms with E-state index in [2.05, 4.69) is 20.7 Å². The van der Waals surface area contributed by atoms with E-state index in [0.29, 0.717) is 16.5 Å². The number of thioether (sulfide) groups is 1. The van der Waals surface area contributed by atoms with E-state index in [9.17, 15) is 19.7 Å². The van der Waals surface area contributed by atoms with Crippen LogP contribution in [0.25, 0.3) is 0 Å². The number of amides is 1. The highest BCUT2D eigenvalue weighted by molar-refractivity contribution is 8.01. The Balaban J connectivity index is 1.62. The van der Waals surface area contributed by atoms with Crippen molar-refractivity contribution in [1.82, 2.24) is 15.6 Å². The van der Waals surface area contributed by atoms with Crippen molar-refractivity contribution in [2.24, 2.45) is 5.10 Å². The maximum atomic E-state index is 12.5. The second-order valence-corrected chi connectivity index (χ2v) is 8.91. The predicted molar refractivity (Wildman–Crippen MR) is 127 cm³/mol. The van der Waals surface area contributed by atoms with Gasteiger partial charge in [-0.25, -0.2) is 10.2 Å². The van der Waals surface area contributed by atoms with Gasteiger partial charge in [-0.2, -0.15) is 5.10 Å². The Morgan fingerprint density at radius 3 is 2.76 bits per heavy atom. The number of nitrogens with one attached hydrogen (secondary N) is 1. The van der Waals surface area contributed by atoms with Gasteiger partial charge in [-0.05, 0) is 43.7 Å². The topological polar surface area (TPSA) is 146 Å².